The van der Waals surface area contributed by atoms with Crippen molar-refractivity contribution in [2.75, 3.05) is 31.1 Å². The summed E-state index contributed by atoms with van der Waals surface area (Å²) in [5.74, 6) is 0. The molecule has 3 rings (SSSR count). The van der Waals surface area contributed by atoms with Crippen LogP contribution in [0.4, 0.5) is 5.69 Å². The summed E-state index contributed by atoms with van der Waals surface area (Å²) in [7, 11) is 0. The van der Waals surface area contributed by atoms with Crippen molar-refractivity contribution in [2.45, 2.75) is 0 Å². The van der Waals surface area contributed by atoms with E-state index in [1.54, 1.807) is 0 Å². The van der Waals surface area contributed by atoms with Crippen LogP contribution in [0.25, 0.3) is 5.69 Å². The second kappa shape index (κ2) is 6.60. The summed E-state index contributed by atoms with van der Waals surface area (Å²) in [6.45, 7) is 3.94. The second-order valence-corrected chi connectivity index (χ2v) is 4.73. The van der Waals surface area contributed by atoms with Crippen LogP contribution in [0.3, 0.4) is 0 Å². The van der Waals surface area contributed by atoms with Crippen LogP contribution in [0.2, 0.25) is 0 Å². The van der Waals surface area contributed by atoms with E-state index in [1.807, 2.05) is 24.3 Å². The van der Waals surface area contributed by atoms with E-state index in [1.165, 1.54) is 16.8 Å². The SMILES string of the molecule is Cl.O=c1ccn(-c2ccc(N3CCNCC3)cc2)c(=O)[nH]1. The smallest absolute Gasteiger partial charge is 0.332 e. The van der Waals surface area contributed by atoms with E-state index in [2.05, 4.69) is 15.2 Å². The highest BCUT2D eigenvalue weighted by atomic mass is 35.5. The maximum absolute atomic E-state index is 11.7. The minimum Gasteiger partial charge on any atom is -0.369 e. The standard InChI is InChI=1S/C14H16N4O2.ClH/c19-13-5-8-18(14(20)16-13)12-3-1-11(2-4-12)17-9-6-15-7-10-17;/h1-5,8,15H,6-7,9-10H2,(H,16,19,20);1H. The lowest BCUT2D eigenvalue weighted by atomic mass is 10.2. The lowest BCUT2D eigenvalue weighted by Gasteiger charge is -2.29. The van der Waals surface area contributed by atoms with Crippen molar-refractivity contribution >= 4 is 18.1 Å². The predicted octanol–water partition coefficient (Wildman–Crippen LogP) is 0.357. The van der Waals surface area contributed by atoms with Crippen molar-refractivity contribution in [3.63, 3.8) is 0 Å². The molecule has 1 fully saturated rings. The van der Waals surface area contributed by atoms with Gasteiger partial charge in [0, 0.05) is 44.1 Å². The lowest BCUT2D eigenvalue weighted by Crippen LogP contribution is -2.43. The number of aromatic amines is 1. The molecule has 1 saturated heterocycles. The van der Waals surface area contributed by atoms with Gasteiger partial charge in [0.15, 0.2) is 0 Å². The molecule has 7 heteroatoms. The summed E-state index contributed by atoms with van der Waals surface area (Å²) < 4.78 is 1.42. The number of anilines is 1. The first kappa shape index (κ1) is 15.3. The Bertz CT molecular complexity index is 702. The fourth-order valence-electron chi connectivity index (χ4n) is 2.37. The van der Waals surface area contributed by atoms with Crippen LogP contribution in [-0.2, 0) is 0 Å². The monoisotopic (exact) mass is 308 g/mol. The third kappa shape index (κ3) is 3.34. The Morgan fingerprint density at radius 2 is 1.52 bits per heavy atom. The Morgan fingerprint density at radius 1 is 0.905 bits per heavy atom. The molecule has 0 bridgehead atoms. The van der Waals surface area contributed by atoms with Crippen LogP contribution in [0.15, 0.2) is 46.1 Å². The highest BCUT2D eigenvalue weighted by Gasteiger charge is 2.10. The third-order valence-corrected chi connectivity index (χ3v) is 3.43. The van der Waals surface area contributed by atoms with Gasteiger partial charge in [-0.2, -0.15) is 0 Å². The molecule has 0 atom stereocenters. The van der Waals surface area contributed by atoms with E-state index in [9.17, 15) is 9.59 Å². The Balaban J connectivity index is 0.00000161. The maximum Gasteiger partial charge on any atom is 0.332 e. The molecule has 2 aromatic rings. The number of hydrogen-bond acceptors (Lipinski definition) is 4. The molecule has 1 aromatic heterocycles. The number of piperazine rings is 1. The Labute approximate surface area is 127 Å². The average Bonchev–Trinajstić information content (AvgIpc) is 2.48. The van der Waals surface area contributed by atoms with Crippen molar-refractivity contribution in [1.82, 2.24) is 14.9 Å². The summed E-state index contributed by atoms with van der Waals surface area (Å²) in [5.41, 5.74) is 1.08. The van der Waals surface area contributed by atoms with Crippen molar-refractivity contribution in [2.24, 2.45) is 0 Å². The number of H-pyrrole nitrogens is 1. The minimum atomic E-state index is -0.424. The topological polar surface area (TPSA) is 70.1 Å². The van der Waals surface area contributed by atoms with E-state index in [0.717, 1.165) is 37.6 Å². The number of halogens is 1. The van der Waals surface area contributed by atoms with E-state index < -0.39 is 5.69 Å². The van der Waals surface area contributed by atoms with E-state index in [4.69, 9.17) is 0 Å². The third-order valence-electron chi connectivity index (χ3n) is 3.43. The number of nitrogens with zero attached hydrogens (tertiary/aromatic N) is 2. The minimum absolute atomic E-state index is 0. The van der Waals surface area contributed by atoms with Crippen LogP contribution in [0.1, 0.15) is 0 Å². The molecular weight excluding hydrogens is 292 g/mol. The quantitative estimate of drug-likeness (QED) is 0.840. The Morgan fingerprint density at radius 3 is 2.14 bits per heavy atom. The summed E-state index contributed by atoms with van der Waals surface area (Å²) in [5, 5.41) is 3.31. The number of aromatic nitrogens is 2. The zero-order valence-corrected chi connectivity index (χ0v) is 12.2. The van der Waals surface area contributed by atoms with Crippen molar-refractivity contribution in [1.29, 1.82) is 0 Å². The van der Waals surface area contributed by atoms with Gasteiger partial charge in [0.2, 0.25) is 0 Å². The molecule has 1 aliphatic rings. The second-order valence-electron chi connectivity index (χ2n) is 4.73. The van der Waals surface area contributed by atoms with E-state index in [0.29, 0.717) is 0 Å². The molecule has 112 valence electrons. The van der Waals surface area contributed by atoms with Gasteiger partial charge >= 0.3 is 5.69 Å². The van der Waals surface area contributed by atoms with Crippen molar-refractivity contribution in [3.05, 3.63) is 57.4 Å². The molecule has 2 heterocycles. The predicted molar refractivity (Wildman–Crippen MR) is 85.0 cm³/mol. The van der Waals surface area contributed by atoms with Crippen LogP contribution in [-0.4, -0.2) is 35.7 Å². The fourth-order valence-corrected chi connectivity index (χ4v) is 2.37. The number of hydrogen-bond donors (Lipinski definition) is 2. The van der Waals surface area contributed by atoms with Crippen LogP contribution in [0.5, 0.6) is 0 Å². The molecule has 0 unspecified atom stereocenters. The summed E-state index contributed by atoms with van der Waals surface area (Å²) in [6.07, 6.45) is 1.49. The van der Waals surface area contributed by atoms with Gasteiger partial charge in [0.05, 0.1) is 5.69 Å². The van der Waals surface area contributed by atoms with Gasteiger partial charge < -0.3 is 10.2 Å². The highest BCUT2D eigenvalue weighted by Crippen LogP contribution is 2.16. The molecule has 6 nitrogen and oxygen atoms in total. The lowest BCUT2D eigenvalue weighted by molar-refractivity contribution is 0.589. The molecule has 1 aliphatic heterocycles. The molecule has 2 N–H and O–H groups in total. The first-order valence-electron chi connectivity index (χ1n) is 6.62. The molecule has 0 aliphatic carbocycles. The first-order valence-corrected chi connectivity index (χ1v) is 6.62. The van der Waals surface area contributed by atoms with Crippen LogP contribution < -0.4 is 21.5 Å². The number of nitrogens with one attached hydrogen (secondary N) is 2. The fraction of sp³-hybridized carbons (Fsp3) is 0.286. The van der Waals surface area contributed by atoms with E-state index >= 15 is 0 Å². The number of rotatable bonds is 2. The molecule has 1 aromatic carbocycles. The zero-order chi connectivity index (χ0) is 13.9. The van der Waals surface area contributed by atoms with Crippen molar-refractivity contribution < 1.29 is 0 Å². The van der Waals surface area contributed by atoms with Gasteiger partial charge in [-0.1, -0.05) is 0 Å². The normalized spacial score (nSPS) is 14.6. The van der Waals surface area contributed by atoms with Gasteiger partial charge in [-0.05, 0) is 24.3 Å². The molecule has 0 spiro atoms. The zero-order valence-electron chi connectivity index (χ0n) is 11.4. The van der Waals surface area contributed by atoms with Crippen LogP contribution >= 0.6 is 12.4 Å². The maximum atomic E-state index is 11.7. The van der Waals surface area contributed by atoms with Crippen LogP contribution in [0, 0.1) is 0 Å². The van der Waals surface area contributed by atoms with Gasteiger partial charge in [-0.15, -0.1) is 12.4 Å². The van der Waals surface area contributed by atoms with Gasteiger partial charge in [0.1, 0.15) is 0 Å². The van der Waals surface area contributed by atoms with Gasteiger partial charge in [-0.3, -0.25) is 14.3 Å². The summed E-state index contributed by atoms with van der Waals surface area (Å²) in [6, 6.07) is 9.11. The van der Waals surface area contributed by atoms with E-state index in [-0.39, 0.29) is 18.0 Å². The molecule has 0 amide bonds. The summed E-state index contributed by atoms with van der Waals surface area (Å²) in [4.78, 5) is 27.3. The molecule has 0 radical (unpaired) electrons. The average molecular weight is 309 g/mol. The molecule has 21 heavy (non-hydrogen) atoms. The van der Waals surface area contributed by atoms with Gasteiger partial charge in [0.25, 0.3) is 5.56 Å². The Kier molecular flexibility index (Phi) is 4.82. The van der Waals surface area contributed by atoms with Gasteiger partial charge in [-0.25, -0.2) is 4.79 Å². The number of benzene rings is 1. The molecule has 0 saturated carbocycles. The summed E-state index contributed by atoms with van der Waals surface area (Å²) >= 11 is 0. The highest BCUT2D eigenvalue weighted by molar-refractivity contribution is 5.85. The Hall–Kier alpha value is -2.05. The first-order chi connectivity index (χ1) is 9.74. The largest absolute Gasteiger partial charge is 0.369 e. The van der Waals surface area contributed by atoms with Crippen molar-refractivity contribution in [3.8, 4) is 5.69 Å². The molecular formula is C14H17ClN4O2.